The molecule has 1 N–H and O–H groups in total. The van der Waals surface area contributed by atoms with Crippen LogP contribution >= 0.6 is 11.6 Å². The van der Waals surface area contributed by atoms with Crippen LogP contribution in [0.25, 0.3) is 0 Å². The maximum absolute atomic E-state index is 12.1. The van der Waals surface area contributed by atoms with E-state index in [2.05, 4.69) is 10.3 Å². The second-order valence-electron chi connectivity index (χ2n) is 4.91. The van der Waals surface area contributed by atoms with E-state index in [0.29, 0.717) is 23.9 Å². The first-order chi connectivity index (χ1) is 11.2. The van der Waals surface area contributed by atoms with E-state index in [9.17, 15) is 4.79 Å². The average Bonchev–Trinajstić information content (AvgIpc) is 2.58. The van der Waals surface area contributed by atoms with Crippen LogP contribution in [0.5, 0.6) is 5.75 Å². The molecular formula is C17H20ClN3O2. The Bertz CT molecular complexity index is 605. The van der Waals surface area contributed by atoms with E-state index in [1.807, 2.05) is 19.1 Å². The van der Waals surface area contributed by atoms with Crippen molar-refractivity contribution in [3.63, 3.8) is 0 Å². The van der Waals surface area contributed by atoms with Crippen molar-refractivity contribution in [2.24, 2.45) is 0 Å². The molecule has 0 spiro atoms. The highest BCUT2D eigenvalue weighted by molar-refractivity contribution is 6.30. The molecule has 0 aliphatic carbocycles. The third-order valence-electron chi connectivity index (χ3n) is 3.36. The molecule has 122 valence electrons. The van der Waals surface area contributed by atoms with Crippen LogP contribution in [0, 0.1) is 0 Å². The maximum Gasteiger partial charge on any atom is 0.320 e. The molecule has 0 aliphatic rings. The second kappa shape index (κ2) is 9.00. The van der Waals surface area contributed by atoms with Gasteiger partial charge in [-0.1, -0.05) is 11.6 Å². The highest BCUT2D eigenvalue weighted by atomic mass is 35.5. The first kappa shape index (κ1) is 17.1. The molecule has 0 bridgehead atoms. The predicted octanol–water partition coefficient (Wildman–Crippen LogP) is 3.35. The predicted molar refractivity (Wildman–Crippen MR) is 90.7 cm³/mol. The van der Waals surface area contributed by atoms with Gasteiger partial charge in [0.15, 0.2) is 6.73 Å². The van der Waals surface area contributed by atoms with E-state index in [4.69, 9.17) is 16.3 Å². The van der Waals surface area contributed by atoms with Gasteiger partial charge in [-0.05, 0) is 55.3 Å². The van der Waals surface area contributed by atoms with Crippen molar-refractivity contribution >= 4 is 17.6 Å². The van der Waals surface area contributed by atoms with Gasteiger partial charge in [0.05, 0.1) is 0 Å². The molecule has 5 nitrogen and oxygen atoms in total. The van der Waals surface area contributed by atoms with Crippen LogP contribution in [0.2, 0.25) is 5.02 Å². The van der Waals surface area contributed by atoms with Crippen LogP contribution in [-0.4, -0.2) is 35.7 Å². The molecule has 1 aromatic heterocycles. The van der Waals surface area contributed by atoms with E-state index >= 15 is 0 Å². The number of likely N-dealkylation sites (N-methyl/N-ethyl adjacent to an activating group) is 1. The molecule has 0 atom stereocenters. The summed E-state index contributed by atoms with van der Waals surface area (Å²) in [6.45, 7) is 3.35. The number of pyridine rings is 1. The summed E-state index contributed by atoms with van der Waals surface area (Å²) in [7, 11) is 0. The normalized spacial score (nSPS) is 10.2. The van der Waals surface area contributed by atoms with Crippen molar-refractivity contribution in [3.8, 4) is 5.75 Å². The Labute approximate surface area is 141 Å². The molecule has 1 aromatic carbocycles. The summed E-state index contributed by atoms with van der Waals surface area (Å²) in [5.41, 5.74) is 1.16. The van der Waals surface area contributed by atoms with E-state index in [1.54, 1.807) is 41.6 Å². The zero-order chi connectivity index (χ0) is 16.5. The van der Waals surface area contributed by atoms with Gasteiger partial charge >= 0.3 is 6.03 Å². The largest absolute Gasteiger partial charge is 0.473 e. The molecule has 6 heteroatoms. The van der Waals surface area contributed by atoms with Gasteiger partial charge in [-0.15, -0.1) is 0 Å². The number of nitrogens with one attached hydrogen (secondary N) is 1. The molecule has 1 heterocycles. The van der Waals surface area contributed by atoms with Crippen molar-refractivity contribution in [1.82, 2.24) is 15.2 Å². The highest BCUT2D eigenvalue weighted by Gasteiger charge is 2.10. The van der Waals surface area contributed by atoms with E-state index < -0.39 is 0 Å². The van der Waals surface area contributed by atoms with Gasteiger partial charge in [-0.3, -0.25) is 4.98 Å². The number of amides is 2. The summed E-state index contributed by atoms with van der Waals surface area (Å²) < 4.78 is 5.46. The number of benzene rings is 1. The summed E-state index contributed by atoms with van der Waals surface area (Å²) in [4.78, 5) is 17.9. The smallest absolute Gasteiger partial charge is 0.320 e. The Morgan fingerprint density at radius 3 is 2.57 bits per heavy atom. The number of hydrogen-bond acceptors (Lipinski definition) is 3. The molecule has 2 aromatic rings. The van der Waals surface area contributed by atoms with Crippen molar-refractivity contribution in [3.05, 3.63) is 59.4 Å². The van der Waals surface area contributed by atoms with Crippen molar-refractivity contribution in [2.75, 3.05) is 19.8 Å². The Morgan fingerprint density at radius 1 is 1.22 bits per heavy atom. The monoisotopic (exact) mass is 333 g/mol. The van der Waals surface area contributed by atoms with Crippen LogP contribution in [0.15, 0.2) is 48.8 Å². The Kier molecular flexibility index (Phi) is 6.69. The Morgan fingerprint density at radius 2 is 1.91 bits per heavy atom. The van der Waals surface area contributed by atoms with Gasteiger partial charge in [0.1, 0.15) is 5.75 Å². The van der Waals surface area contributed by atoms with Crippen molar-refractivity contribution < 1.29 is 9.53 Å². The van der Waals surface area contributed by atoms with Crippen LogP contribution in [0.3, 0.4) is 0 Å². The lowest BCUT2D eigenvalue weighted by Crippen LogP contribution is -2.42. The molecule has 2 amide bonds. The van der Waals surface area contributed by atoms with Gasteiger partial charge in [0.2, 0.25) is 0 Å². The number of carbonyl (C=O) groups excluding carboxylic acids is 1. The van der Waals surface area contributed by atoms with Gasteiger partial charge in [0.25, 0.3) is 0 Å². The van der Waals surface area contributed by atoms with Crippen LogP contribution in [0.1, 0.15) is 12.5 Å². The topological polar surface area (TPSA) is 54.5 Å². The fourth-order valence-electron chi connectivity index (χ4n) is 2.04. The fraction of sp³-hybridized carbons (Fsp3) is 0.294. The van der Waals surface area contributed by atoms with Crippen LogP contribution in [0.4, 0.5) is 4.79 Å². The summed E-state index contributed by atoms with van der Waals surface area (Å²) in [6, 6.07) is 10.8. The lowest BCUT2D eigenvalue weighted by molar-refractivity contribution is 0.187. The zero-order valence-corrected chi connectivity index (χ0v) is 13.8. The number of urea groups is 1. The van der Waals surface area contributed by atoms with E-state index in [1.165, 1.54) is 0 Å². The molecule has 0 unspecified atom stereocenters. The fourth-order valence-corrected chi connectivity index (χ4v) is 2.17. The first-order valence-corrected chi connectivity index (χ1v) is 7.87. The molecule has 0 saturated carbocycles. The molecule has 0 fully saturated rings. The minimum atomic E-state index is -0.143. The number of rotatable bonds is 7. The molecule has 0 saturated heterocycles. The SMILES string of the molecule is CCN(CCc1ccncc1)C(=O)NCOc1ccc(Cl)cc1. The number of halogens is 1. The maximum atomic E-state index is 12.1. The van der Waals surface area contributed by atoms with Gasteiger partial charge in [-0.25, -0.2) is 4.79 Å². The van der Waals surface area contributed by atoms with Crippen LogP contribution in [-0.2, 0) is 6.42 Å². The van der Waals surface area contributed by atoms with Gasteiger partial charge < -0.3 is 15.0 Å². The van der Waals surface area contributed by atoms with E-state index in [-0.39, 0.29) is 12.8 Å². The van der Waals surface area contributed by atoms with Gasteiger partial charge in [-0.2, -0.15) is 0 Å². The number of nitrogens with zero attached hydrogens (tertiary/aromatic N) is 2. The number of aromatic nitrogens is 1. The molecule has 0 aliphatic heterocycles. The highest BCUT2D eigenvalue weighted by Crippen LogP contribution is 2.14. The summed E-state index contributed by atoms with van der Waals surface area (Å²) in [5, 5.41) is 3.40. The Balaban J connectivity index is 1.75. The summed E-state index contributed by atoms with van der Waals surface area (Å²) >= 11 is 5.81. The lowest BCUT2D eigenvalue weighted by atomic mass is 10.2. The van der Waals surface area contributed by atoms with Crippen molar-refractivity contribution in [1.29, 1.82) is 0 Å². The minimum Gasteiger partial charge on any atom is -0.473 e. The number of carbonyl (C=O) groups is 1. The molecular weight excluding hydrogens is 314 g/mol. The summed E-state index contributed by atoms with van der Waals surface area (Å²) in [6.07, 6.45) is 4.30. The average molecular weight is 334 g/mol. The van der Waals surface area contributed by atoms with Crippen molar-refractivity contribution in [2.45, 2.75) is 13.3 Å². The molecule has 23 heavy (non-hydrogen) atoms. The van der Waals surface area contributed by atoms with Gasteiger partial charge in [0, 0.05) is 30.5 Å². The minimum absolute atomic E-state index is 0.117. The van der Waals surface area contributed by atoms with Crippen LogP contribution < -0.4 is 10.1 Å². The lowest BCUT2D eigenvalue weighted by Gasteiger charge is -2.21. The molecule has 2 rings (SSSR count). The number of hydrogen-bond donors (Lipinski definition) is 1. The third-order valence-corrected chi connectivity index (χ3v) is 3.62. The zero-order valence-electron chi connectivity index (χ0n) is 13.0. The van der Waals surface area contributed by atoms with E-state index in [0.717, 1.165) is 12.0 Å². The number of ether oxygens (including phenoxy) is 1. The molecule has 0 radical (unpaired) electrons. The second-order valence-corrected chi connectivity index (χ2v) is 5.35. The summed E-state index contributed by atoms with van der Waals surface area (Å²) in [5.74, 6) is 0.662. The quantitative estimate of drug-likeness (QED) is 0.791. The first-order valence-electron chi connectivity index (χ1n) is 7.49. The standard InChI is InChI=1S/C17H20ClN3O2/c1-2-21(12-9-14-7-10-19-11-8-14)17(22)20-13-23-16-5-3-15(18)4-6-16/h3-8,10-11H,2,9,12-13H2,1H3,(H,20,22). The third kappa shape index (κ3) is 5.79. The Hall–Kier alpha value is -2.27.